The normalized spacial score (nSPS) is 22.3. The number of likely N-dealkylation sites (N-methyl/N-ethyl adjacent to an activating group) is 1. The number of ether oxygens (including phenoxy) is 2. The number of benzene rings is 4. The first-order valence-electron chi connectivity index (χ1n) is 31.4. The molecule has 1 unspecified atom stereocenters. The monoisotopic (exact) mass is 1400 g/mol. The number of primary amides is 1. The molecular weight excluding hydrogens is 1320 g/mol. The Morgan fingerprint density at radius 1 is 0.938 bits per heavy atom. The molecule has 0 spiro atoms. The molecule has 3 aliphatic heterocycles. The van der Waals surface area contributed by atoms with Gasteiger partial charge >= 0.3 is 13.7 Å². The zero-order chi connectivity index (χ0) is 70.9. The number of aryl methyl sites for hydroxylation is 1. The van der Waals surface area contributed by atoms with Crippen molar-refractivity contribution in [1.82, 2.24) is 39.8 Å². The highest BCUT2D eigenvalue weighted by Gasteiger charge is 2.49. The number of phenols is 2. The van der Waals surface area contributed by atoms with Crippen LogP contribution in [0.5, 0.6) is 11.5 Å². The summed E-state index contributed by atoms with van der Waals surface area (Å²) in [5.41, 5.74) is 14.0. The Labute approximate surface area is 568 Å². The van der Waals surface area contributed by atoms with Gasteiger partial charge in [-0.3, -0.25) is 38.2 Å². The van der Waals surface area contributed by atoms with Gasteiger partial charge in [-0.25, -0.2) is 24.5 Å². The Bertz CT molecular complexity index is 3890. The Kier molecular flexibility index (Phi) is 27.4. The molecular formula is C66H86ClN12O16PS. The van der Waals surface area contributed by atoms with Gasteiger partial charge in [0, 0.05) is 154 Å². The van der Waals surface area contributed by atoms with Crippen LogP contribution in [0.2, 0.25) is 0 Å². The topological polar surface area (TPSA) is 414 Å². The Hall–Kier alpha value is -7.71. The summed E-state index contributed by atoms with van der Waals surface area (Å²) in [5, 5.41) is 55.3. The molecule has 524 valence electrons. The van der Waals surface area contributed by atoms with Crippen molar-refractivity contribution in [3.8, 4) is 22.8 Å². The van der Waals surface area contributed by atoms with Crippen molar-refractivity contribution in [2.24, 2.45) is 11.5 Å². The number of carbonyl (C=O) groups is 5. The molecule has 11 rings (SSSR count). The number of nitrogens with one attached hydrogen (secondary N) is 4. The maximum absolute atomic E-state index is 13.3. The third kappa shape index (κ3) is 20.7. The van der Waals surface area contributed by atoms with Gasteiger partial charge < -0.3 is 66.7 Å². The van der Waals surface area contributed by atoms with Crippen LogP contribution in [0, 0.1) is 6.92 Å². The number of amides is 3. The molecule has 2 aliphatic carbocycles. The van der Waals surface area contributed by atoms with Crippen LogP contribution in [0.25, 0.3) is 11.3 Å². The van der Waals surface area contributed by atoms with Crippen molar-refractivity contribution in [3.05, 3.63) is 154 Å². The fourth-order valence-corrected chi connectivity index (χ4v) is 13.5. The molecule has 3 saturated heterocycles. The molecule has 2 aromatic heterocycles. The van der Waals surface area contributed by atoms with E-state index in [-0.39, 0.29) is 52.1 Å². The highest BCUT2D eigenvalue weighted by molar-refractivity contribution is 7.85. The van der Waals surface area contributed by atoms with Crippen molar-refractivity contribution >= 4 is 76.0 Å². The smallest absolute Gasteiger partial charge is 0.343 e. The minimum atomic E-state index is -3.67. The molecule has 31 heteroatoms. The van der Waals surface area contributed by atoms with Crippen molar-refractivity contribution in [2.45, 2.75) is 103 Å². The van der Waals surface area contributed by atoms with Gasteiger partial charge in [-0.1, -0.05) is 49.4 Å². The number of alkyl halides is 1. The third-order valence-electron chi connectivity index (χ3n) is 16.4. The number of hydrogen-bond acceptors (Lipinski definition) is 22. The lowest BCUT2D eigenvalue weighted by Crippen LogP contribution is -2.52. The van der Waals surface area contributed by atoms with E-state index in [4.69, 9.17) is 35.9 Å². The first-order chi connectivity index (χ1) is 46.0. The molecule has 5 aliphatic rings. The maximum Gasteiger partial charge on any atom is 0.343 e. The van der Waals surface area contributed by atoms with Crippen molar-refractivity contribution < 1.29 is 75.9 Å². The van der Waals surface area contributed by atoms with E-state index >= 15 is 0 Å². The number of carbonyl (C=O) groups excluding carboxylic acids is 5. The standard InChI is InChI=1S/C29H31N7O.C26H27NO9.C8H18ClN2O2P.C2H6N2O.CH4O3S/c1-21-5-10-25(18-27(21)34-29-31-13-11-26(33-29)24-4-3-12-30-19-24)32-28(37)23-8-6-22(7-9-23)20-36-16-14-35(2)15-17-36;1-10-21(29)15(27)7-17(35-10)36-16-9-26(34,11(2)28)8-14-18(16)25(33)20-19(24(14)32)22(30)12-5-3-4-6-13(12)23(20)31;1-2-5-10-14(12)11(7-4-9)6-3-8-13-14;1-4-2(3)5;1-5(2,3)4/h3-13,18-19H,14-17,20H2,1-2H3,(H,32,37)(H,31,33,34);3-6,10,15-17,21,29,32-34H,7-9,27H2,1-2H3;2-8H2,1H3,(H,10,12);1H3,(H3,3,4,5);1H3,(H,2,3,4)/t;10-,15-,16-,17-,21+,26-;;;/m.0.../s1. The molecule has 28 nitrogen and oxygen atoms in total. The number of aromatic hydroxyl groups is 2. The second kappa shape index (κ2) is 34.7. The number of urea groups is 1. The largest absolute Gasteiger partial charge is 0.507 e. The summed E-state index contributed by atoms with van der Waals surface area (Å²) in [7, 11) is -2.79. The van der Waals surface area contributed by atoms with Gasteiger partial charge in [-0.15, -0.1) is 11.6 Å². The second-order valence-electron chi connectivity index (χ2n) is 23.8. The number of pyridine rings is 1. The molecule has 3 fully saturated rings. The first kappa shape index (κ1) is 76.7. The number of Topliss-reactive ketones (excluding diaryl/α,β-unsaturated/α-hetero) is 1. The molecule has 4 aromatic carbocycles. The number of piperazine rings is 1. The number of nitrogens with zero attached hydrogens (tertiary/aromatic N) is 6. The minimum Gasteiger partial charge on any atom is -0.507 e. The lowest BCUT2D eigenvalue weighted by molar-refractivity contribution is -0.247. The fraction of sp³-hybridized carbons (Fsp3) is 0.424. The van der Waals surface area contributed by atoms with Crippen LogP contribution in [-0.4, -0.2) is 201 Å². The van der Waals surface area contributed by atoms with Crippen LogP contribution in [-0.2, 0) is 46.4 Å². The Balaban J connectivity index is 0.000000205. The number of anilines is 3. The van der Waals surface area contributed by atoms with Gasteiger partial charge in [0.05, 0.1) is 48.0 Å². The lowest BCUT2D eigenvalue weighted by Gasteiger charge is -2.42. The number of aromatic nitrogens is 3. The van der Waals surface area contributed by atoms with Crippen LogP contribution < -0.4 is 32.5 Å². The quantitative estimate of drug-likeness (QED) is 0.0227. The predicted molar refractivity (Wildman–Crippen MR) is 366 cm³/mol. The van der Waals surface area contributed by atoms with Crippen LogP contribution in [0.15, 0.2) is 104 Å². The SMILES string of the molecule is CC(=O)[C@]1(O)Cc2c(O)c3c(c(O)c2[C@@H](O[C@H]2C[C@H](N)[C@H](O)[C@H](C)O2)C1)C(=O)c1ccccc1C3=O.CCCNP1(=O)OCCCN1CCCl.CNC(N)=O.CS(=O)(=O)O.Cc1ccc(NC(=O)c2ccc(CN3CCN(C)CC3)cc2)cc1Nc1nccc(-c2cccnc2)n1. The molecule has 0 radical (unpaired) electrons. The van der Waals surface area contributed by atoms with Gasteiger partial charge in [0.2, 0.25) is 5.95 Å². The summed E-state index contributed by atoms with van der Waals surface area (Å²) in [5.74, 6) is -2.24. The molecule has 0 bridgehead atoms. The van der Waals surface area contributed by atoms with E-state index < -0.39 is 95.3 Å². The molecule has 0 saturated carbocycles. The van der Waals surface area contributed by atoms with Gasteiger partial charge in [0.1, 0.15) is 17.1 Å². The Morgan fingerprint density at radius 2 is 1.59 bits per heavy atom. The number of aliphatic hydroxyl groups is 2. The van der Waals surface area contributed by atoms with Crippen molar-refractivity contribution in [2.75, 3.05) is 89.3 Å². The fourth-order valence-electron chi connectivity index (χ4n) is 11.1. The zero-order valence-corrected chi connectivity index (χ0v) is 57.6. The van der Waals surface area contributed by atoms with Crippen LogP contribution in [0.4, 0.5) is 22.1 Å². The summed E-state index contributed by atoms with van der Waals surface area (Å²) < 4.78 is 57.1. The number of aliphatic hydroxyl groups excluding tert-OH is 1. The second-order valence-corrected chi connectivity index (χ2v) is 27.8. The summed E-state index contributed by atoms with van der Waals surface area (Å²) in [6.07, 6.45) is 3.43. The zero-order valence-electron chi connectivity index (χ0n) is 55.1. The minimum absolute atomic E-state index is 0.00588. The van der Waals surface area contributed by atoms with Crippen LogP contribution in [0.1, 0.15) is 117 Å². The number of nitrogens with two attached hydrogens (primary N) is 2. The summed E-state index contributed by atoms with van der Waals surface area (Å²) in [6.45, 7) is 14.8. The van der Waals surface area contributed by atoms with Crippen LogP contribution in [0.3, 0.4) is 0 Å². The number of hydrogen-bond donors (Lipinski definition) is 11. The first-order valence-corrected chi connectivity index (χ1v) is 35.3. The number of halogens is 1. The molecule has 13 N–H and O–H groups in total. The summed E-state index contributed by atoms with van der Waals surface area (Å²) in [6, 6.07) is 24.2. The molecule has 7 atom stereocenters. The van der Waals surface area contributed by atoms with E-state index in [0.29, 0.717) is 42.5 Å². The highest BCUT2D eigenvalue weighted by atomic mass is 35.5. The number of fused-ring (bicyclic) bond motifs is 3. The predicted octanol–water partition coefficient (Wildman–Crippen LogP) is 6.45. The maximum atomic E-state index is 13.3. The summed E-state index contributed by atoms with van der Waals surface area (Å²) in [4.78, 5) is 79.4. The van der Waals surface area contributed by atoms with E-state index in [9.17, 15) is 57.4 Å². The molecule has 3 amide bonds. The molecule has 97 heavy (non-hydrogen) atoms. The molecule has 5 heterocycles. The van der Waals surface area contributed by atoms with E-state index in [2.05, 4.69) is 58.6 Å². The van der Waals surface area contributed by atoms with Crippen LogP contribution >= 0.6 is 19.3 Å². The molecule has 6 aromatic rings. The van der Waals surface area contributed by atoms with Gasteiger partial charge in [-0.05, 0) is 94.3 Å². The van der Waals surface area contributed by atoms with Gasteiger partial charge in [-0.2, -0.15) is 8.42 Å². The number of phenolic OH excluding ortho intramolecular Hbond substituents is 2. The van der Waals surface area contributed by atoms with Crippen molar-refractivity contribution in [3.63, 3.8) is 0 Å². The third-order valence-corrected chi connectivity index (χ3v) is 18.9. The van der Waals surface area contributed by atoms with E-state index in [0.717, 1.165) is 81.2 Å². The van der Waals surface area contributed by atoms with E-state index in [1.54, 1.807) is 37.6 Å². The van der Waals surface area contributed by atoms with Gasteiger partial charge in [0.25, 0.3) is 16.0 Å². The average molecular weight is 1400 g/mol. The number of rotatable bonds is 15. The van der Waals surface area contributed by atoms with E-state index in [1.807, 2.05) is 79.2 Å². The lowest BCUT2D eigenvalue weighted by atomic mass is 9.72. The van der Waals surface area contributed by atoms with E-state index in [1.165, 1.54) is 31.7 Å². The summed E-state index contributed by atoms with van der Waals surface area (Å²) >= 11 is 5.65. The van der Waals surface area contributed by atoms with Gasteiger partial charge in [0.15, 0.2) is 23.6 Å². The van der Waals surface area contributed by atoms with Crippen molar-refractivity contribution in [1.29, 1.82) is 0 Å². The highest BCUT2D eigenvalue weighted by Crippen LogP contribution is 2.52. The average Bonchev–Trinajstić information content (AvgIpc) is 0.715. The number of ketones is 3. The Morgan fingerprint density at radius 3 is 2.18 bits per heavy atom.